The second kappa shape index (κ2) is 8.25. The van der Waals surface area contributed by atoms with Crippen molar-refractivity contribution in [1.29, 1.82) is 0 Å². The van der Waals surface area contributed by atoms with Gasteiger partial charge < -0.3 is 14.2 Å². The maximum absolute atomic E-state index is 13.2. The molecule has 5 fully saturated rings. The van der Waals surface area contributed by atoms with Crippen molar-refractivity contribution in [3.8, 4) is 0 Å². The first-order chi connectivity index (χ1) is 14.2. The molecule has 0 spiro atoms. The molecule has 168 valence electrons. The van der Waals surface area contributed by atoms with Crippen molar-refractivity contribution < 1.29 is 28.6 Å². The summed E-state index contributed by atoms with van der Waals surface area (Å²) in [6.45, 7) is 8.15. The van der Waals surface area contributed by atoms with E-state index in [4.69, 9.17) is 14.2 Å². The van der Waals surface area contributed by atoms with Gasteiger partial charge in [0.15, 0.2) is 0 Å². The standard InChI is InChI=1S/C24H36O6/c1-5-6-7-28-14(3)20-19(22(26)29-23(20)27)13(2)21(25)30-24(4)17-9-15-8-16(11-17)12-18(24)10-15/h13-20H,5-12H2,1-4H3. The highest BCUT2D eigenvalue weighted by atomic mass is 16.6. The van der Waals surface area contributed by atoms with E-state index in [2.05, 4.69) is 13.8 Å². The maximum atomic E-state index is 13.2. The summed E-state index contributed by atoms with van der Waals surface area (Å²) in [4.78, 5) is 38.1. The Kier molecular flexibility index (Phi) is 5.99. The van der Waals surface area contributed by atoms with Crippen LogP contribution in [0.25, 0.3) is 0 Å². The maximum Gasteiger partial charge on any atom is 0.320 e. The SMILES string of the molecule is CCCCOC(C)C1C(=O)OC(=O)C1C(C)C(=O)OC1(C)C2CC3CC(C2)CC1C3. The number of carbonyl (C=O) groups excluding carboxylic acids is 3. The number of carbonyl (C=O) groups is 3. The van der Waals surface area contributed by atoms with E-state index in [0.717, 1.165) is 50.4 Å². The highest BCUT2D eigenvalue weighted by Gasteiger charge is 2.58. The smallest absolute Gasteiger partial charge is 0.320 e. The van der Waals surface area contributed by atoms with Gasteiger partial charge in [-0.1, -0.05) is 20.3 Å². The fraction of sp³-hybridized carbons (Fsp3) is 0.875. The Morgan fingerprint density at radius 1 is 1.03 bits per heavy atom. The van der Waals surface area contributed by atoms with Crippen molar-refractivity contribution >= 4 is 17.9 Å². The minimum Gasteiger partial charge on any atom is -0.459 e. The molecule has 4 aliphatic carbocycles. The molecule has 5 rings (SSSR count). The Morgan fingerprint density at radius 2 is 1.60 bits per heavy atom. The number of rotatable bonds is 8. The van der Waals surface area contributed by atoms with Crippen molar-refractivity contribution in [1.82, 2.24) is 0 Å². The zero-order valence-electron chi connectivity index (χ0n) is 18.7. The molecule has 1 aliphatic heterocycles. The van der Waals surface area contributed by atoms with Gasteiger partial charge in [-0.15, -0.1) is 0 Å². The van der Waals surface area contributed by atoms with Crippen molar-refractivity contribution in [2.24, 2.45) is 41.4 Å². The monoisotopic (exact) mass is 420 g/mol. The minimum atomic E-state index is -0.845. The summed E-state index contributed by atoms with van der Waals surface area (Å²) in [6.07, 6.45) is 7.27. The van der Waals surface area contributed by atoms with E-state index in [1.807, 2.05) is 0 Å². The van der Waals surface area contributed by atoms with Crippen LogP contribution < -0.4 is 0 Å². The Balaban J connectivity index is 1.45. The van der Waals surface area contributed by atoms with Crippen LogP contribution in [0.2, 0.25) is 0 Å². The lowest BCUT2D eigenvalue weighted by Gasteiger charge is -2.59. The van der Waals surface area contributed by atoms with E-state index in [0.29, 0.717) is 18.4 Å². The highest BCUT2D eigenvalue weighted by molar-refractivity contribution is 5.99. The van der Waals surface area contributed by atoms with Crippen LogP contribution in [0.1, 0.15) is 72.6 Å². The third kappa shape index (κ3) is 3.69. The van der Waals surface area contributed by atoms with Gasteiger partial charge >= 0.3 is 17.9 Å². The number of esters is 3. The van der Waals surface area contributed by atoms with Crippen molar-refractivity contribution in [2.45, 2.75) is 84.3 Å². The molecule has 6 heteroatoms. The van der Waals surface area contributed by atoms with E-state index in [1.165, 1.54) is 6.42 Å². The zero-order valence-corrected chi connectivity index (χ0v) is 18.7. The molecule has 4 saturated carbocycles. The molecule has 6 nitrogen and oxygen atoms in total. The molecule has 0 aromatic carbocycles. The van der Waals surface area contributed by atoms with Gasteiger partial charge in [-0.25, -0.2) is 0 Å². The quantitative estimate of drug-likeness (QED) is 0.337. The van der Waals surface area contributed by atoms with Gasteiger partial charge in [0.05, 0.1) is 23.9 Å². The number of unbranched alkanes of at least 4 members (excludes halogenated alkanes) is 1. The number of hydrogen-bond donors (Lipinski definition) is 0. The van der Waals surface area contributed by atoms with Crippen LogP contribution in [0.15, 0.2) is 0 Å². The summed E-state index contributed by atoms with van der Waals surface area (Å²) < 4.78 is 16.9. The predicted octanol–water partition coefficient (Wildman–Crippen LogP) is 3.90. The average Bonchev–Trinajstić information content (AvgIpc) is 2.99. The van der Waals surface area contributed by atoms with Crippen molar-refractivity contribution in [3.63, 3.8) is 0 Å². The first-order valence-corrected chi connectivity index (χ1v) is 11.8. The minimum absolute atomic E-state index is 0.382. The van der Waals surface area contributed by atoms with Gasteiger partial charge in [0.25, 0.3) is 0 Å². The first-order valence-electron chi connectivity index (χ1n) is 11.8. The zero-order chi connectivity index (χ0) is 21.6. The van der Waals surface area contributed by atoms with E-state index < -0.39 is 41.4 Å². The first kappa shape index (κ1) is 21.8. The molecular weight excluding hydrogens is 384 g/mol. The normalized spacial score (nSPS) is 41.6. The molecule has 4 bridgehead atoms. The molecule has 5 aliphatic rings. The molecule has 4 atom stereocenters. The molecule has 1 heterocycles. The molecule has 4 unspecified atom stereocenters. The van der Waals surface area contributed by atoms with Crippen LogP contribution >= 0.6 is 0 Å². The number of ether oxygens (including phenoxy) is 3. The Bertz CT molecular complexity index is 672. The Hall–Kier alpha value is -1.43. The van der Waals surface area contributed by atoms with Gasteiger partial charge in [-0.3, -0.25) is 14.4 Å². The number of hydrogen-bond acceptors (Lipinski definition) is 6. The second-order valence-electron chi connectivity index (χ2n) is 10.4. The topological polar surface area (TPSA) is 78.9 Å². The molecule has 0 aromatic rings. The molecule has 0 amide bonds. The van der Waals surface area contributed by atoms with E-state index in [-0.39, 0.29) is 5.97 Å². The van der Waals surface area contributed by atoms with Crippen LogP contribution in [0, 0.1) is 41.4 Å². The van der Waals surface area contributed by atoms with Crippen molar-refractivity contribution in [3.05, 3.63) is 0 Å². The predicted molar refractivity (Wildman–Crippen MR) is 109 cm³/mol. The van der Waals surface area contributed by atoms with E-state index >= 15 is 0 Å². The fourth-order valence-electron chi connectivity index (χ4n) is 6.79. The Labute approximate surface area is 179 Å². The summed E-state index contributed by atoms with van der Waals surface area (Å²) in [5.74, 6) is -1.56. The summed E-state index contributed by atoms with van der Waals surface area (Å²) in [6, 6.07) is 0. The van der Waals surface area contributed by atoms with Gasteiger partial charge in [-0.2, -0.15) is 0 Å². The lowest BCUT2D eigenvalue weighted by molar-refractivity contribution is -0.208. The van der Waals surface area contributed by atoms with Gasteiger partial charge in [0.1, 0.15) is 5.60 Å². The third-order valence-electron chi connectivity index (χ3n) is 8.51. The van der Waals surface area contributed by atoms with Crippen LogP contribution in [-0.4, -0.2) is 36.2 Å². The molecular formula is C24H36O6. The fourth-order valence-corrected chi connectivity index (χ4v) is 6.79. The summed E-state index contributed by atoms with van der Waals surface area (Å²) in [7, 11) is 0. The largest absolute Gasteiger partial charge is 0.459 e. The highest BCUT2D eigenvalue weighted by Crippen LogP contribution is 2.59. The lowest BCUT2D eigenvalue weighted by atomic mass is 9.50. The molecule has 1 saturated heterocycles. The molecule has 0 radical (unpaired) electrons. The number of cyclic esters (lactones) is 2. The average molecular weight is 421 g/mol. The molecule has 0 N–H and O–H groups in total. The third-order valence-corrected chi connectivity index (χ3v) is 8.51. The molecule has 0 aromatic heterocycles. The summed E-state index contributed by atoms with van der Waals surface area (Å²) in [5.41, 5.74) is -0.454. The van der Waals surface area contributed by atoms with Gasteiger partial charge in [0, 0.05) is 6.61 Å². The Morgan fingerprint density at radius 3 is 2.17 bits per heavy atom. The van der Waals surface area contributed by atoms with E-state index in [9.17, 15) is 14.4 Å². The lowest BCUT2D eigenvalue weighted by Crippen LogP contribution is -2.58. The van der Waals surface area contributed by atoms with Crippen LogP contribution in [0.4, 0.5) is 0 Å². The second-order valence-corrected chi connectivity index (χ2v) is 10.4. The summed E-state index contributed by atoms with van der Waals surface area (Å²) in [5, 5.41) is 0. The van der Waals surface area contributed by atoms with E-state index in [1.54, 1.807) is 13.8 Å². The van der Waals surface area contributed by atoms with Crippen LogP contribution in [0.5, 0.6) is 0 Å². The van der Waals surface area contributed by atoms with Crippen molar-refractivity contribution in [2.75, 3.05) is 6.61 Å². The summed E-state index contributed by atoms with van der Waals surface area (Å²) >= 11 is 0. The van der Waals surface area contributed by atoms with Gasteiger partial charge in [-0.05, 0) is 76.0 Å². The van der Waals surface area contributed by atoms with Crippen LogP contribution in [0.3, 0.4) is 0 Å². The molecule has 30 heavy (non-hydrogen) atoms. The van der Waals surface area contributed by atoms with Crippen LogP contribution in [-0.2, 0) is 28.6 Å². The van der Waals surface area contributed by atoms with Gasteiger partial charge in [0.2, 0.25) is 0 Å².